The van der Waals surface area contributed by atoms with E-state index in [1.807, 2.05) is 36.4 Å². The second-order valence-corrected chi connectivity index (χ2v) is 8.85. The van der Waals surface area contributed by atoms with Crippen LogP contribution >= 0.6 is 11.3 Å². The zero-order valence-electron chi connectivity index (χ0n) is 18.5. The number of para-hydroxylation sites is 1. The number of nitrogens with one attached hydrogen (secondary N) is 2. The standard InChI is InChI=1S/C27H19FN4O2S/c1-16-24(11-8-17-5-4-12-29-15-17)35-27(30-16)26(34)32-25(20-14-19(28)9-10-23(20)33)22-13-18-6-2-3-7-21(18)31-22/h2-7,9-10,12-15,25,31,33H,1H3,(H,32,34). The van der Waals surface area contributed by atoms with Gasteiger partial charge in [0.15, 0.2) is 5.01 Å². The summed E-state index contributed by atoms with van der Waals surface area (Å²) >= 11 is 1.17. The average molecular weight is 483 g/mol. The Balaban J connectivity index is 1.49. The van der Waals surface area contributed by atoms with Crippen molar-refractivity contribution >= 4 is 28.1 Å². The third-order valence-electron chi connectivity index (χ3n) is 5.41. The molecule has 6 nitrogen and oxygen atoms in total. The molecule has 1 unspecified atom stereocenters. The number of aromatic nitrogens is 3. The second-order valence-electron chi connectivity index (χ2n) is 7.85. The van der Waals surface area contributed by atoms with Crippen molar-refractivity contribution in [3.05, 3.63) is 111 Å². The lowest BCUT2D eigenvalue weighted by atomic mass is 10.0. The first-order valence-electron chi connectivity index (χ1n) is 10.7. The third-order valence-corrected chi connectivity index (χ3v) is 6.48. The molecule has 0 saturated heterocycles. The summed E-state index contributed by atoms with van der Waals surface area (Å²) in [5.74, 6) is 4.96. The fourth-order valence-electron chi connectivity index (χ4n) is 3.70. The summed E-state index contributed by atoms with van der Waals surface area (Å²) in [6.45, 7) is 1.79. The first-order chi connectivity index (χ1) is 17.0. The summed E-state index contributed by atoms with van der Waals surface area (Å²) in [4.78, 5) is 25.6. The first-order valence-corrected chi connectivity index (χ1v) is 11.6. The molecular formula is C27H19FN4O2S. The van der Waals surface area contributed by atoms with Gasteiger partial charge in [0.1, 0.15) is 16.4 Å². The number of nitrogens with zero attached hydrogens (tertiary/aromatic N) is 2. The number of thiazole rings is 1. The molecular weight excluding hydrogens is 463 g/mol. The Kier molecular flexibility index (Phi) is 6.00. The van der Waals surface area contributed by atoms with E-state index >= 15 is 0 Å². The Morgan fingerprint density at radius 3 is 2.80 bits per heavy atom. The van der Waals surface area contributed by atoms with Gasteiger partial charge in [-0.05, 0) is 60.7 Å². The smallest absolute Gasteiger partial charge is 0.281 e. The van der Waals surface area contributed by atoms with Gasteiger partial charge >= 0.3 is 0 Å². The molecule has 0 spiro atoms. The topological polar surface area (TPSA) is 90.9 Å². The highest BCUT2D eigenvalue weighted by molar-refractivity contribution is 7.14. The van der Waals surface area contributed by atoms with E-state index in [0.717, 1.165) is 16.5 Å². The van der Waals surface area contributed by atoms with E-state index in [0.29, 0.717) is 16.3 Å². The number of aryl methyl sites for hydroxylation is 1. The molecule has 1 amide bonds. The SMILES string of the molecule is Cc1nc(C(=O)NC(c2cc3ccccc3[nH]2)c2cc(F)ccc2O)sc1C#Cc1cccnc1. The molecule has 2 aromatic carbocycles. The number of aromatic amines is 1. The van der Waals surface area contributed by atoms with Gasteiger partial charge in [0.25, 0.3) is 5.91 Å². The number of amides is 1. The Labute approximate surface area is 204 Å². The molecule has 0 radical (unpaired) electrons. The minimum atomic E-state index is -0.834. The monoisotopic (exact) mass is 482 g/mol. The Morgan fingerprint density at radius 2 is 2.00 bits per heavy atom. The molecule has 8 heteroatoms. The average Bonchev–Trinajstić information content (AvgIpc) is 3.46. The summed E-state index contributed by atoms with van der Waals surface area (Å²) < 4.78 is 14.1. The van der Waals surface area contributed by atoms with Crippen molar-refractivity contribution in [2.45, 2.75) is 13.0 Å². The van der Waals surface area contributed by atoms with Gasteiger partial charge in [0, 0.05) is 34.7 Å². The quantitative estimate of drug-likeness (QED) is 0.311. The summed E-state index contributed by atoms with van der Waals surface area (Å²) in [5, 5.41) is 14.5. The number of phenols is 1. The van der Waals surface area contributed by atoms with E-state index in [2.05, 4.69) is 32.1 Å². The van der Waals surface area contributed by atoms with Gasteiger partial charge in [-0.15, -0.1) is 0 Å². The highest BCUT2D eigenvalue weighted by atomic mass is 32.1. The van der Waals surface area contributed by atoms with Crippen molar-refractivity contribution in [2.24, 2.45) is 0 Å². The number of phenolic OH excluding ortho intramolecular Hbond substituents is 1. The zero-order valence-corrected chi connectivity index (χ0v) is 19.4. The van der Waals surface area contributed by atoms with Gasteiger partial charge in [0.05, 0.1) is 11.7 Å². The molecule has 5 rings (SSSR count). The molecule has 3 aromatic heterocycles. The van der Waals surface area contributed by atoms with Crippen molar-refractivity contribution in [3.63, 3.8) is 0 Å². The Hall–Kier alpha value is -4.48. The molecule has 0 aliphatic heterocycles. The molecule has 0 aliphatic rings. The molecule has 0 aliphatic carbocycles. The van der Waals surface area contributed by atoms with Crippen molar-refractivity contribution < 1.29 is 14.3 Å². The zero-order chi connectivity index (χ0) is 24.4. The molecule has 5 aromatic rings. The largest absolute Gasteiger partial charge is 0.508 e. The van der Waals surface area contributed by atoms with Crippen molar-refractivity contribution in [1.29, 1.82) is 0 Å². The summed E-state index contributed by atoms with van der Waals surface area (Å²) in [5.41, 5.74) is 3.08. The van der Waals surface area contributed by atoms with Crippen LogP contribution in [0.1, 0.15) is 43.2 Å². The normalized spacial score (nSPS) is 11.6. The molecule has 35 heavy (non-hydrogen) atoms. The van der Waals surface area contributed by atoms with E-state index in [-0.39, 0.29) is 16.3 Å². The van der Waals surface area contributed by atoms with Gasteiger partial charge in [-0.2, -0.15) is 0 Å². The molecule has 1 atom stereocenters. The van der Waals surface area contributed by atoms with Crippen LogP contribution in [0.4, 0.5) is 4.39 Å². The first kappa shape index (κ1) is 22.3. The van der Waals surface area contributed by atoms with Crippen molar-refractivity contribution in [1.82, 2.24) is 20.3 Å². The number of halogens is 1. The van der Waals surface area contributed by atoms with E-state index in [1.165, 1.54) is 29.5 Å². The molecule has 3 heterocycles. The van der Waals surface area contributed by atoms with Crippen LogP contribution in [0.2, 0.25) is 0 Å². The lowest BCUT2D eigenvalue weighted by Crippen LogP contribution is -2.29. The van der Waals surface area contributed by atoms with Crippen LogP contribution in [0, 0.1) is 24.6 Å². The van der Waals surface area contributed by atoms with Gasteiger partial charge in [0.2, 0.25) is 0 Å². The number of carbonyl (C=O) groups excluding carboxylic acids is 1. The van der Waals surface area contributed by atoms with Gasteiger partial charge in [-0.1, -0.05) is 35.5 Å². The van der Waals surface area contributed by atoms with Gasteiger partial charge in [-0.3, -0.25) is 9.78 Å². The summed E-state index contributed by atoms with van der Waals surface area (Å²) in [6, 6.07) is 16.0. The minimum Gasteiger partial charge on any atom is -0.508 e. The fraction of sp³-hybridized carbons (Fsp3) is 0.0741. The number of pyridine rings is 1. The maximum absolute atomic E-state index is 14.1. The Bertz CT molecular complexity index is 1570. The Morgan fingerprint density at radius 1 is 1.14 bits per heavy atom. The number of H-pyrrole nitrogens is 1. The van der Waals surface area contributed by atoms with Gasteiger partial charge in [-0.25, -0.2) is 9.37 Å². The van der Waals surface area contributed by atoms with E-state index in [9.17, 15) is 14.3 Å². The van der Waals surface area contributed by atoms with Crippen LogP contribution in [0.3, 0.4) is 0 Å². The number of fused-ring (bicyclic) bond motifs is 1. The lowest BCUT2D eigenvalue weighted by Gasteiger charge is -2.19. The highest BCUT2D eigenvalue weighted by Crippen LogP contribution is 2.32. The maximum Gasteiger partial charge on any atom is 0.281 e. The number of benzene rings is 2. The fourth-order valence-corrected chi connectivity index (χ4v) is 4.52. The summed E-state index contributed by atoms with van der Waals surface area (Å²) in [7, 11) is 0. The van der Waals surface area contributed by atoms with Gasteiger partial charge < -0.3 is 15.4 Å². The van der Waals surface area contributed by atoms with E-state index in [4.69, 9.17) is 0 Å². The van der Waals surface area contributed by atoms with Crippen LogP contribution in [-0.4, -0.2) is 26.0 Å². The molecule has 0 bridgehead atoms. The van der Waals surface area contributed by atoms with Crippen LogP contribution in [0.5, 0.6) is 5.75 Å². The predicted molar refractivity (Wildman–Crippen MR) is 133 cm³/mol. The van der Waals surface area contributed by atoms with Crippen LogP contribution < -0.4 is 5.32 Å². The van der Waals surface area contributed by atoms with Crippen molar-refractivity contribution in [3.8, 4) is 17.6 Å². The van der Waals surface area contributed by atoms with Crippen LogP contribution in [-0.2, 0) is 0 Å². The second kappa shape index (κ2) is 9.41. The number of hydrogen-bond acceptors (Lipinski definition) is 5. The number of rotatable bonds is 4. The van der Waals surface area contributed by atoms with Crippen LogP contribution in [0.25, 0.3) is 10.9 Å². The highest BCUT2D eigenvalue weighted by Gasteiger charge is 2.25. The maximum atomic E-state index is 14.1. The molecule has 0 fully saturated rings. The minimum absolute atomic E-state index is 0.131. The number of hydrogen-bond donors (Lipinski definition) is 3. The number of aromatic hydroxyl groups is 1. The predicted octanol–water partition coefficient (Wildman–Crippen LogP) is 5.09. The third kappa shape index (κ3) is 4.76. The van der Waals surface area contributed by atoms with Crippen LogP contribution in [0.15, 0.2) is 73.1 Å². The van der Waals surface area contributed by atoms with Crippen molar-refractivity contribution in [2.75, 3.05) is 0 Å². The molecule has 0 saturated carbocycles. The van der Waals surface area contributed by atoms with E-state index in [1.54, 1.807) is 25.4 Å². The molecule has 3 N–H and O–H groups in total. The lowest BCUT2D eigenvalue weighted by molar-refractivity contribution is 0.0941. The van der Waals surface area contributed by atoms with E-state index < -0.39 is 17.8 Å². The molecule has 172 valence electrons. The number of carbonyl (C=O) groups is 1. The summed E-state index contributed by atoms with van der Waals surface area (Å²) in [6.07, 6.45) is 3.33.